The van der Waals surface area contributed by atoms with E-state index >= 15 is 0 Å². The molecule has 1 aromatic carbocycles. The normalized spacial score (nSPS) is 17.6. The summed E-state index contributed by atoms with van der Waals surface area (Å²) in [5.74, 6) is 0.930. The van der Waals surface area contributed by atoms with Crippen LogP contribution in [0.15, 0.2) is 24.3 Å². The summed E-state index contributed by atoms with van der Waals surface area (Å²) < 4.78 is 5.80. The molecule has 112 valence electrons. The predicted octanol–water partition coefficient (Wildman–Crippen LogP) is 1.55. The SMILES string of the molecule is CN1CCC(N(C)CCOc2ccc(CN)cc2)CC1. The first-order chi connectivity index (χ1) is 9.69. The van der Waals surface area contributed by atoms with Crippen LogP contribution in [0.5, 0.6) is 5.75 Å². The van der Waals surface area contributed by atoms with Crippen LogP contribution in [0.25, 0.3) is 0 Å². The van der Waals surface area contributed by atoms with Crippen LogP contribution in [0.3, 0.4) is 0 Å². The molecule has 1 aliphatic rings. The molecule has 0 bridgehead atoms. The van der Waals surface area contributed by atoms with Gasteiger partial charge in [-0.05, 0) is 57.7 Å². The summed E-state index contributed by atoms with van der Waals surface area (Å²) in [5.41, 5.74) is 6.72. The molecule has 1 aromatic rings. The van der Waals surface area contributed by atoms with Crippen molar-refractivity contribution in [2.75, 3.05) is 40.3 Å². The Kier molecular flexibility index (Phi) is 5.83. The molecule has 4 heteroatoms. The molecule has 4 nitrogen and oxygen atoms in total. The molecule has 0 radical (unpaired) electrons. The van der Waals surface area contributed by atoms with Gasteiger partial charge in [0.05, 0.1) is 0 Å². The topological polar surface area (TPSA) is 41.7 Å². The van der Waals surface area contributed by atoms with Crippen molar-refractivity contribution < 1.29 is 4.74 Å². The Hall–Kier alpha value is -1.10. The summed E-state index contributed by atoms with van der Waals surface area (Å²) in [5, 5.41) is 0. The van der Waals surface area contributed by atoms with E-state index in [1.54, 1.807) is 0 Å². The molecule has 0 amide bonds. The van der Waals surface area contributed by atoms with Crippen LogP contribution >= 0.6 is 0 Å². The average molecular weight is 277 g/mol. The molecule has 1 fully saturated rings. The monoisotopic (exact) mass is 277 g/mol. The van der Waals surface area contributed by atoms with Crippen molar-refractivity contribution in [2.24, 2.45) is 5.73 Å². The largest absolute Gasteiger partial charge is 0.492 e. The number of hydrogen-bond acceptors (Lipinski definition) is 4. The number of nitrogens with two attached hydrogens (primary N) is 1. The standard InChI is InChI=1S/C16H27N3O/c1-18-9-7-15(8-10-18)19(2)11-12-20-16-5-3-14(13-17)4-6-16/h3-6,15H,7-13,17H2,1-2H3. The molecule has 0 unspecified atom stereocenters. The molecule has 2 rings (SSSR count). The lowest BCUT2D eigenvalue weighted by Gasteiger charge is -2.35. The first-order valence-electron chi connectivity index (χ1n) is 7.49. The van der Waals surface area contributed by atoms with Gasteiger partial charge in [0.1, 0.15) is 12.4 Å². The fraction of sp³-hybridized carbons (Fsp3) is 0.625. The number of piperidine rings is 1. The van der Waals surface area contributed by atoms with Gasteiger partial charge in [0.25, 0.3) is 0 Å². The highest BCUT2D eigenvalue weighted by Gasteiger charge is 2.20. The van der Waals surface area contributed by atoms with Gasteiger partial charge in [-0.2, -0.15) is 0 Å². The van der Waals surface area contributed by atoms with Gasteiger partial charge >= 0.3 is 0 Å². The van der Waals surface area contributed by atoms with Crippen LogP contribution in [0.4, 0.5) is 0 Å². The predicted molar refractivity (Wildman–Crippen MR) is 83.0 cm³/mol. The van der Waals surface area contributed by atoms with Gasteiger partial charge in [-0.15, -0.1) is 0 Å². The molecule has 0 spiro atoms. The van der Waals surface area contributed by atoms with Crippen molar-refractivity contribution in [1.82, 2.24) is 9.80 Å². The fourth-order valence-corrected chi connectivity index (χ4v) is 2.65. The van der Waals surface area contributed by atoms with Crippen LogP contribution in [-0.4, -0.2) is 56.2 Å². The highest BCUT2D eigenvalue weighted by atomic mass is 16.5. The summed E-state index contributed by atoms with van der Waals surface area (Å²) in [6.07, 6.45) is 2.52. The van der Waals surface area contributed by atoms with Gasteiger partial charge in [-0.3, -0.25) is 4.90 Å². The minimum Gasteiger partial charge on any atom is -0.492 e. The molecule has 20 heavy (non-hydrogen) atoms. The van der Waals surface area contributed by atoms with Crippen LogP contribution in [-0.2, 0) is 6.54 Å². The number of benzene rings is 1. The van der Waals surface area contributed by atoms with Crippen molar-refractivity contribution >= 4 is 0 Å². The molecule has 0 saturated carbocycles. The van der Waals surface area contributed by atoms with E-state index in [0.717, 1.165) is 24.5 Å². The second-order valence-corrected chi connectivity index (χ2v) is 5.71. The number of likely N-dealkylation sites (N-methyl/N-ethyl adjacent to an activating group) is 1. The lowest BCUT2D eigenvalue weighted by Crippen LogP contribution is -2.43. The number of likely N-dealkylation sites (tertiary alicyclic amines) is 1. The zero-order chi connectivity index (χ0) is 14.4. The first kappa shape index (κ1) is 15.3. The van der Waals surface area contributed by atoms with Gasteiger partial charge in [-0.25, -0.2) is 0 Å². The molecular formula is C16H27N3O. The Morgan fingerprint density at radius 1 is 1.25 bits per heavy atom. The summed E-state index contributed by atoms with van der Waals surface area (Å²) in [4.78, 5) is 4.83. The third-order valence-corrected chi connectivity index (χ3v) is 4.18. The van der Waals surface area contributed by atoms with E-state index in [0.29, 0.717) is 12.6 Å². The third-order valence-electron chi connectivity index (χ3n) is 4.18. The summed E-state index contributed by atoms with van der Waals surface area (Å²) in [6, 6.07) is 8.75. The zero-order valence-corrected chi connectivity index (χ0v) is 12.7. The van der Waals surface area contributed by atoms with E-state index in [-0.39, 0.29) is 0 Å². The maximum absolute atomic E-state index is 5.80. The Morgan fingerprint density at radius 2 is 1.90 bits per heavy atom. The van der Waals surface area contributed by atoms with E-state index in [1.807, 2.05) is 24.3 Å². The molecule has 0 atom stereocenters. The second-order valence-electron chi connectivity index (χ2n) is 5.71. The van der Waals surface area contributed by atoms with E-state index in [4.69, 9.17) is 10.5 Å². The average Bonchev–Trinajstić information content (AvgIpc) is 2.48. The Balaban J connectivity index is 1.69. The minimum atomic E-state index is 0.582. The maximum atomic E-state index is 5.80. The van der Waals surface area contributed by atoms with Gasteiger partial charge in [0.2, 0.25) is 0 Å². The number of ether oxygens (including phenoxy) is 1. The van der Waals surface area contributed by atoms with E-state index < -0.39 is 0 Å². The van der Waals surface area contributed by atoms with Crippen molar-refractivity contribution in [1.29, 1.82) is 0 Å². The van der Waals surface area contributed by atoms with Crippen molar-refractivity contribution in [3.05, 3.63) is 29.8 Å². The van der Waals surface area contributed by atoms with Crippen molar-refractivity contribution in [3.63, 3.8) is 0 Å². The zero-order valence-electron chi connectivity index (χ0n) is 12.7. The number of hydrogen-bond donors (Lipinski definition) is 1. The Morgan fingerprint density at radius 3 is 2.50 bits per heavy atom. The number of nitrogens with zero attached hydrogens (tertiary/aromatic N) is 2. The van der Waals surface area contributed by atoms with Gasteiger partial charge < -0.3 is 15.4 Å². The molecule has 1 aliphatic heterocycles. The van der Waals surface area contributed by atoms with Crippen LogP contribution in [0.2, 0.25) is 0 Å². The van der Waals surface area contributed by atoms with Gasteiger partial charge in [-0.1, -0.05) is 12.1 Å². The second kappa shape index (κ2) is 7.62. The van der Waals surface area contributed by atoms with Crippen molar-refractivity contribution in [2.45, 2.75) is 25.4 Å². The maximum Gasteiger partial charge on any atom is 0.119 e. The summed E-state index contributed by atoms with van der Waals surface area (Å²) >= 11 is 0. The smallest absolute Gasteiger partial charge is 0.119 e. The van der Waals surface area contributed by atoms with E-state index in [2.05, 4.69) is 23.9 Å². The third kappa shape index (κ3) is 4.47. The summed E-state index contributed by atoms with van der Waals surface area (Å²) in [7, 11) is 4.40. The molecule has 0 aliphatic carbocycles. The molecular weight excluding hydrogens is 250 g/mol. The van der Waals surface area contributed by atoms with E-state index in [1.165, 1.54) is 25.9 Å². The lowest BCUT2D eigenvalue weighted by molar-refractivity contribution is 0.127. The quantitative estimate of drug-likeness (QED) is 0.856. The Labute approximate surface area is 122 Å². The highest BCUT2D eigenvalue weighted by Crippen LogP contribution is 2.15. The highest BCUT2D eigenvalue weighted by molar-refractivity contribution is 5.27. The first-order valence-corrected chi connectivity index (χ1v) is 7.49. The molecule has 2 N–H and O–H groups in total. The number of rotatable bonds is 6. The van der Waals surface area contributed by atoms with Crippen LogP contribution < -0.4 is 10.5 Å². The van der Waals surface area contributed by atoms with Crippen LogP contribution in [0, 0.1) is 0 Å². The molecule has 0 aromatic heterocycles. The molecule has 1 heterocycles. The Bertz CT molecular complexity index is 385. The van der Waals surface area contributed by atoms with Gasteiger partial charge in [0, 0.05) is 19.1 Å². The van der Waals surface area contributed by atoms with Gasteiger partial charge in [0.15, 0.2) is 0 Å². The minimum absolute atomic E-state index is 0.582. The lowest BCUT2D eigenvalue weighted by atomic mass is 10.0. The molecule has 1 saturated heterocycles. The van der Waals surface area contributed by atoms with E-state index in [9.17, 15) is 0 Å². The van der Waals surface area contributed by atoms with Crippen molar-refractivity contribution in [3.8, 4) is 5.75 Å². The van der Waals surface area contributed by atoms with Crippen LogP contribution in [0.1, 0.15) is 18.4 Å². The fourth-order valence-electron chi connectivity index (χ4n) is 2.65. The summed E-state index contributed by atoms with van der Waals surface area (Å²) in [6.45, 7) is 4.71.